The number of H-pyrrole nitrogens is 1. The van der Waals surface area contributed by atoms with Crippen molar-refractivity contribution >= 4 is 5.91 Å². The molecule has 0 spiro atoms. The second kappa shape index (κ2) is 7.61. The van der Waals surface area contributed by atoms with Crippen LogP contribution in [0.5, 0.6) is 0 Å². The zero-order valence-corrected chi connectivity index (χ0v) is 12.8. The number of pyridine rings is 1. The minimum absolute atomic E-state index is 0.0169. The van der Waals surface area contributed by atoms with E-state index in [0.29, 0.717) is 12.1 Å². The molecule has 0 bridgehead atoms. The van der Waals surface area contributed by atoms with Crippen LogP contribution in [0.2, 0.25) is 0 Å². The summed E-state index contributed by atoms with van der Waals surface area (Å²) in [7, 11) is 0. The summed E-state index contributed by atoms with van der Waals surface area (Å²) in [6, 6.07) is 6.58. The molecule has 0 radical (unpaired) electrons. The molecule has 2 N–H and O–H groups in total. The van der Waals surface area contributed by atoms with Crippen molar-refractivity contribution in [2.75, 3.05) is 19.6 Å². The third-order valence-corrected chi connectivity index (χ3v) is 3.63. The number of likely N-dealkylation sites (N-methyl/N-ethyl adjacent to an activating group) is 1. The van der Waals surface area contributed by atoms with Gasteiger partial charge in [-0.1, -0.05) is 13.8 Å². The maximum Gasteiger partial charge on any atom is 0.252 e. The number of aromatic amines is 1. The molecule has 0 saturated heterocycles. The van der Waals surface area contributed by atoms with Gasteiger partial charge in [-0.3, -0.25) is 14.5 Å². The molecule has 0 aromatic carbocycles. The average molecular weight is 303 g/mol. The Bertz CT molecular complexity index is 624. The molecule has 6 nitrogen and oxygen atoms in total. The number of amides is 1. The lowest BCUT2D eigenvalue weighted by Crippen LogP contribution is -2.38. The highest BCUT2D eigenvalue weighted by Crippen LogP contribution is 2.20. The molecular weight excluding hydrogens is 282 g/mol. The Morgan fingerprint density at radius 1 is 1.32 bits per heavy atom. The van der Waals surface area contributed by atoms with Gasteiger partial charge in [-0.25, -0.2) is 0 Å². The summed E-state index contributed by atoms with van der Waals surface area (Å²) in [5.74, 6) is 0.602. The molecule has 2 aromatic rings. The van der Waals surface area contributed by atoms with E-state index in [2.05, 4.69) is 29.0 Å². The van der Waals surface area contributed by atoms with Crippen molar-refractivity contribution in [2.45, 2.75) is 19.9 Å². The summed E-state index contributed by atoms with van der Waals surface area (Å²) in [4.78, 5) is 27.9. The van der Waals surface area contributed by atoms with Crippen LogP contribution in [0.25, 0.3) is 0 Å². The topological polar surface area (TPSA) is 78.3 Å². The minimum Gasteiger partial charge on any atom is -0.468 e. The van der Waals surface area contributed by atoms with Crippen molar-refractivity contribution in [2.24, 2.45) is 0 Å². The highest BCUT2D eigenvalue weighted by molar-refractivity contribution is 5.93. The normalized spacial score (nSPS) is 12.3. The SMILES string of the molecule is CCN(CC)C(CNC(=O)c1ccc(=O)[nH]c1)c1ccco1. The van der Waals surface area contributed by atoms with Crippen molar-refractivity contribution in [3.8, 4) is 0 Å². The van der Waals surface area contributed by atoms with Gasteiger partial charge in [-0.05, 0) is 31.3 Å². The van der Waals surface area contributed by atoms with Crippen LogP contribution in [-0.4, -0.2) is 35.4 Å². The Kier molecular flexibility index (Phi) is 5.55. The first-order chi connectivity index (χ1) is 10.7. The third kappa shape index (κ3) is 3.85. The van der Waals surface area contributed by atoms with Gasteiger partial charge < -0.3 is 14.7 Å². The number of nitrogens with one attached hydrogen (secondary N) is 2. The second-order valence-corrected chi connectivity index (χ2v) is 4.90. The van der Waals surface area contributed by atoms with E-state index >= 15 is 0 Å². The number of hydrogen-bond donors (Lipinski definition) is 2. The molecule has 22 heavy (non-hydrogen) atoms. The summed E-state index contributed by atoms with van der Waals surface area (Å²) < 4.78 is 5.49. The first-order valence-corrected chi connectivity index (χ1v) is 7.40. The van der Waals surface area contributed by atoms with E-state index in [1.165, 1.54) is 18.3 Å². The Morgan fingerprint density at radius 3 is 2.64 bits per heavy atom. The number of hydrogen-bond acceptors (Lipinski definition) is 4. The van der Waals surface area contributed by atoms with Crippen LogP contribution in [0.1, 0.15) is 36.0 Å². The van der Waals surface area contributed by atoms with E-state index in [9.17, 15) is 9.59 Å². The quantitative estimate of drug-likeness (QED) is 0.817. The number of carbonyl (C=O) groups excluding carboxylic acids is 1. The maximum atomic E-state index is 12.1. The van der Waals surface area contributed by atoms with Gasteiger partial charge in [0.2, 0.25) is 5.56 Å². The zero-order chi connectivity index (χ0) is 15.9. The second-order valence-electron chi connectivity index (χ2n) is 4.90. The fourth-order valence-electron chi connectivity index (χ4n) is 2.40. The van der Waals surface area contributed by atoms with E-state index in [1.54, 1.807) is 6.26 Å². The maximum absolute atomic E-state index is 12.1. The lowest BCUT2D eigenvalue weighted by atomic mass is 10.1. The van der Waals surface area contributed by atoms with E-state index in [1.807, 2.05) is 12.1 Å². The molecule has 0 fully saturated rings. The highest BCUT2D eigenvalue weighted by atomic mass is 16.3. The number of rotatable bonds is 7. The molecule has 1 amide bonds. The lowest BCUT2D eigenvalue weighted by Gasteiger charge is -2.28. The van der Waals surface area contributed by atoms with Crippen molar-refractivity contribution < 1.29 is 9.21 Å². The fraction of sp³-hybridized carbons (Fsp3) is 0.375. The van der Waals surface area contributed by atoms with Gasteiger partial charge in [0.15, 0.2) is 0 Å². The standard InChI is InChI=1S/C16H21N3O3/c1-3-19(4-2)13(14-6-5-9-22-14)11-18-16(21)12-7-8-15(20)17-10-12/h5-10,13H,3-4,11H2,1-2H3,(H,17,20)(H,18,21). The van der Waals surface area contributed by atoms with Crippen LogP contribution in [0.4, 0.5) is 0 Å². The van der Waals surface area contributed by atoms with Crippen LogP contribution in [-0.2, 0) is 0 Å². The largest absolute Gasteiger partial charge is 0.468 e. The molecule has 118 valence electrons. The van der Waals surface area contributed by atoms with Crippen LogP contribution in [0, 0.1) is 0 Å². The molecule has 0 aliphatic carbocycles. The van der Waals surface area contributed by atoms with Crippen molar-refractivity contribution in [1.29, 1.82) is 0 Å². The Hall–Kier alpha value is -2.34. The van der Waals surface area contributed by atoms with Crippen molar-refractivity contribution in [1.82, 2.24) is 15.2 Å². The Morgan fingerprint density at radius 2 is 2.09 bits per heavy atom. The van der Waals surface area contributed by atoms with Gasteiger partial charge in [-0.2, -0.15) is 0 Å². The van der Waals surface area contributed by atoms with Gasteiger partial charge in [0, 0.05) is 18.8 Å². The summed E-state index contributed by atoms with van der Waals surface area (Å²) in [6.07, 6.45) is 3.05. The van der Waals surface area contributed by atoms with Gasteiger partial charge in [0.1, 0.15) is 5.76 Å². The smallest absolute Gasteiger partial charge is 0.252 e. The number of nitrogens with zero attached hydrogens (tertiary/aromatic N) is 1. The number of aromatic nitrogens is 1. The average Bonchev–Trinajstić information content (AvgIpc) is 3.06. The van der Waals surface area contributed by atoms with Gasteiger partial charge in [0.05, 0.1) is 17.9 Å². The summed E-state index contributed by atoms with van der Waals surface area (Å²) in [5.41, 5.74) is 0.200. The number of furan rings is 1. The van der Waals surface area contributed by atoms with E-state index in [-0.39, 0.29) is 17.5 Å². The first-order valence-electron chi connectivity index (χ1n) is 7.40. The third-order valence-electron chi connectivity index (χ3n) is 3.63. The predicted octanol–water partition coefficient (Wildman–Crippen LogP) is 1.78. The van der Waals surface area contributed by atoms with Gasteiger partial charge in [-0.15, -0.1) is 0 Å². The molecule has 2 rings (SSSR count). The molecule has 0 aliphatic heterocycles. The molecule has 1 unspecified atom stereocenters. The number of carbonyl (C=O) groups is 1. The molecule has 0 saturated carbocycles. The molecule has 6 heteroatoms. The Labute approximate surface area is 129 Å². The minimum atomic E-state index is -0.229. The monoisotopic (exact) mass is 303 g/mol. The van der Waals surface area contributed by atoms with E-state index in [0.717, 1.165) is 18.8 Å². The van der Waals surface area contributed by atoms with Crippen LogP contribution in [0.15, 0.2) is 45.9 Å². The molecular formula is C16H21N3O3. The summed E-state index contributed by atoms with van der Waals surface area (Å²) in [5, 5.41) is 2.89. The van der Waals surface area contributed by atoms with E-state index < -0.39 is 0 Å². The van der Waals surface area contributed by atoms with Crippen LogP contribution >= 0.6 is 0 Å². The molecule has 2 heterocycles. The van der Waals surface area contributed by atoms with Crippen LogP contribution < -0.4 is 10.9 Å². The van der Waals surface area contributed by atoms with Gasteiger partial charge in [0.25, 0.3) is 5.91 Å². The lowest BCUT2D eigenvalue weighted by molar-refractivity contribution is 0.0929. The Balaban J connectivity index is 2.06. The molecule has 1 atom stereocenters. The highest BCUT2D eigenvalue weighted by Gasteiger charge is 2.21. The summed E-state index contributed by atoms with van der Waals surface area (Å²) in [6.45, 7) is 6.30. The zero-order valence-electron chi connectivity index (χ0n) is 12.8. The first kappa shape index (κ1) is 16.0. The fourth-order valence-corrected chi connectivity index (χ4v) is 2.40. The molecule has 0 aliphatic rings. The van der Waals surface area contributed by atoms with Crippen LogP contribution in [0.3, 0.4) is 0 Å². The summed E-state index contributed by atoms with van der Waals surface area (Å²) >= 11 is 0. The predicted molar refractivity (Wildman–Crippen MR) is 83.8 cm³/mol. The molecule has 2 aromatic heterocycles. The van der Waals surface area contributed by atoms with Crippen molar-refractivity contribution in [3.05, 3.63) is 58.4 Å². The van der Waals surface area contributed by atoms with E-state index in [4.69, 9.17) is 4.42 Å². The van der Waals surface area contributed by atoms with Gasteiger partial charge >= 0.3 is 0 Å². The van der Waals surface area contributed by atoms with Crippen molar-refractivity contribution in [3.63, 3.8) is 0 Å².